The van der Waals surface area contributed by atoms with E-state index in [1.807, 2.05) is 47.0 Å². The van der Waals surface area contributed by atoms with Crippen molar-refractivity contribution in [1.82, 2.24) is 4.57 Å². The van der Waals surface area contributed by atoms with E-state index in [1.54, 1.807) is 19.1 Å². The molecule has 0 bridgehead atoms. The number of benzene rings is 3. The number of carbonyl (C=O) groups excluding carboxylic acids is 2. The minimum absolute atomic E-state index is 0.170. The first kappa shape index (κ1) is 23.8. The Morgan fingerprint density at radius 3 is 2.39 bits per heavy atom. The lowest BCUT2D eigenvalue weighted by molar-refractivity contribution is -0.143. The number of esters is 1. The highest BCUT2D eigenvalue weighted by Gasteiger charge is 2.18. The lowest BCUT2D eigenvalue weighted by atomic mass is 10.0. The summed E-state index contributed by atoms with van der Waals surface area (Å²) in [5, 5.41) is 0. The normalized spacial score (nSPS) is 13.1. The maximum Gasteiger partial charge on any atom is 0.307 e. The molecule has 36 heavy (non-hydrogen) atoms. The molecule has 4 aromatic rings. The SMILES string of the molecule is CCOC(=O)CCn1c(=NC(=O)c2ccc(Cc3ccccc3)cc2)sc2cc3c(cc21)OCCO3. The number of aromatic nitrogens is 1. The minimum Gasteiger partial charge on any atom is -0.486 e. The molecule has 1 aliphatic rings. The van der Waals surface area contributed by atoms with Crippen molar-refractivity contribution in [2.75, 3.05) is 19.8 Å². The first-order valence-electron chi connectivity index (χ1n) is 11.9. The first-order valence-corrected chi connectivity index (χ1v) is 12.7. The number of ether oxygens (including phenoxy) is 3. The maximum atomic E-state index is 13.1. The van der Waals surface area contributed by atoms with E-state index in [0.717, 1.165) is 22.2 Å². The summed E-state index contributed by atoms with van der Waals surface area (Å²) in [7, 11) is 0. The van der Waals surface area contributed by atoms with Crippen molar-refractivity contribution in [1.29, 1.82) is 0 Å². The van der Waals surface area contributed by atoms with Crippen molar-refractivity contribution in [2.45, 2.75) is 26.3 Å². The average Bonchev–Trinajstić information content (AvgIpc) is 3.22. The third-order valence-corrected chi connectivity index (χ3v) is 6.88. The summed E-state index contributed by atoms with van der Waals surface area (Å²) in [4.78, 5) is 30.1. The van der Waals surface area contributed by atoms with Crippen LogP contribution in [0.25, 0.3) is 10.2 Å². The van der Waals surface area contributed by atoms with E-state index in [1.165, 1.54) is 16.9 Å². The molecule has 0 fully saturated rings. The monoisotopic (exact) mass is 502 g/mol. The predicted octanol–water partition coefficient (Wildman–Crippen LogP) is 4.76. The van der Waals surface area contributed by atoms with Crippen LogP contribution in [-0.4, -0.2) is 36.3 Å². The lowest BCUT2D eigenvalue weighted by Crippen LogP contribution is -2.20. The fourth-order valence-corrected chi connectivity index (χ4v) is 5.16. The molecule has 0 aliphatic carbocycles. The van der Waals surface area contributed by atoms with Crippen molar-refractivity contribution in [3.8, 4) is 11.5 Å². The number of hydrogen-bond acceptors (Lipinski definition) is 6. The van der Waals surface area contributed by atoms with Crippen LogP contribution in [-0.2, 0) is 22.5 Å². The molecule has 2 heterocycles. The highest BCUT2D eigenvalue weighted by molar-refractivity contribution is 7.16. The summed E-state index contributed by atoms with van der Waals surface area (Å²) in [6.07, 6.45) is 0.967. The summed E-state index contributed by atoms with van der Waals surface area (Å²) in [6, 6.07) is 21.5. The van der Waals surface area contributed by atoms with Gasteiger partial charge in [0, 0.05) is 24.2 Å². The molecule has 1 aliphatic heterocycles. The Morgan fingerprint density at radius 1 is 0.972 bits per heavy atom. The van der Waals surface area contributed by atoms with Crippen molar-refractivity contribution < 1.29 is 23.8 Å². The van der Waals surface area contributed by atoms with Crippen LogP contribution in [0, 0.1) is 0 Å². The summed E-state index contributed by atoms with van der Waals surface area (Å²) in [5.41, 5.74) is 3.67. The van der Waals surface area contributed by atoms with Crippen LogP contribution in [0.5, 0.6) is 11.5 Å². The van der Waals surface area contributed by atoms with Gasteiger partial charge in [-0.15, -0.1) is 0 Å². The van der Waals surface area contributed by atoms with Gasteiger partial charge in [-0.05, 0) is 36.6 Å². The van der Waals surface area contributed by atoms with Crippen molar-refractivity contribution in [3.63, 3.8) is 0 Å². The van der Waals surface area contributed by atoms with E-state index in [-0.39, 0.29) is 18.3 Å². The molecule has 0 N–H and O–H groups in total. The van der Waals surface area contributed by atoms with Crippen LogP contribution in [0.15, 0.2) is 71.7 Å². The molecule has 0 saturated carbocycles. The molecular weight excluding hydrogens is 476 g/mol. The van der Waals surface area contributed by atoms with Crippen LogP contribution in [0.1, 0.15) is 34.8 Å². The van der Waals surface area contributed by atoms with Crippen LogP contribution >= 0.6 is 11.3 Å². The fourth-order valence-electron chi connectivity index (χ4n) is 4.09. The zero-order valence-corrected chi connectivity index (χ0v) is 20.8. The summed E-state index contributed by atoms with van der Waals surface area (Å²) < 4.78 is 19.3. The second kappa shape index (κ2) is 10.8. The van der Waals surface area contributed by atoms with Crippen LogP contribution in [0.4, 0.5) is 0 Å². The summed E-state index contributed by atoms with van der Waals surface area (Å²) >= 11 is 1.38. The van der Waals surface area contributed by atoms with E-state index in [0.29, 0.717) is 48.2 Å². The standard InChI is InChI=1S/C28H26N2O5S/c1-2-33-26(31)12-13-30-22-17-23-24(35-15-14-34-23)18-25(22)36-28(30)29-27(32)21-10-8-20(9-11-21)16-19-6-4-3-5-7-19/h3-11,17-18H,2,12-16H2,1H3. The van der Waals surface area contributed by atoms with Crippen molar-refractivity contribution in [2.24, 2.45) is 4.99 Å². The van der Waals surface area contributed by atoms with Gasteiger partial charge in [-0.25, -0.2) is 0 Å². The van der Waals surface area contributed by atoms with Crippen LogP contribution < -0.4 is 14.3 Å². The molecule has 7 nitrogen and oxygen atoms in total. The number of carbonyl (C=O) groups is 2. The predicted molar refractivity (Wildman–Crippen MR) is 138 cm³/mol. The summed E-state index contributed by atoms with van der Waals surface area (Å²) in [5.74, 6) is 0.672. The van der Waals surface area contributed by atoms with Gasteiger partial charge in [0.1, 0.15) is 13.2 Å². The van der Waals surface area contributed by atoms with Gasteiger partial charge in [0.05, 0.1) is 23.2 Å². The maximum absolute atomic E-state index is 13.1. The van der Waals surface area contributed by atoms with Gasteiger partial charge in [0.25, 0.3) is 5.91 Å². The van der Waals surface area contributed by atoms with Gasteiger partial charge in [-0.3, -0.25) is 9.59 Å². The Morgan fingerprint density at radius 2 is 1.67 bits per heavy atom. The molecular formula is C28H26N2O5S. The number of amides is 1. The molecule has 3 aromatic carbocycles. The second-order valence-corrected chi connectivity index (χ2v) is 9.34. The molecule has 0 atom stereocenters. The highest BCUT2D eigenvalue weighted by atomic mass is 32.1. The quantitative estimate of drug-likeness (QED) is 0.341. The van der Waals surface area contributed by atoms with E-state index < -0.39 is 0 Å². The minimum atomic E-state index is -0.338. The summed E-state index contributed by atoms with van der Waals surface area (Å²) in [6.45, 7) is 3.40. The third-order valence-electron chi connectivity index (χ3n) is 5.84. The average molecular weight is 503 g/mol. The lowest BCUT2D eigenvalue weighted by Gasteiger charge is -2.18. The zero-order chi connectivity index (χ0) is 24.9. The van der Waals surface area contributed by atoms with Gasteiger partial charge in [0.15, 0.2) is 16.3 Å². The van der Waals surface area contributed by atoms with E-state index in [9.17, 15) is 9.59 Å². The number of fused-ring (bicyclic) bond motifs is 2. The third kappa shape index (κ3) is 5.33. The fraction of sp³-hybridized carbons (Fsp3) is 0.250. The number of aryl methyl sites for hydroxylation is 1. The molecule has 5 rings (SSSR count). The molecule has 184 valence electrons. The number of nitrogens with zero attached hydrogens (tertiary/aromatic N) is 2. The Labute approximate surface area is 212 Å². The molecule has 0 spiro atoms. The topological polar surface area (TPSA) is 79.1 Å². The Balaban J connectivity index is 1.46. The van der Waals surface area contributed by atoms with Gasteiger partial charge < -0.3 is 18.8 Å². The van der Waals surface area contributed by atoms with E-state index in [4.69, 9.17) is 14.2 Å². The van der Waals surface area contributed by atoms with Gasteiger partial charge >= 0.3 is 5.97 Å². The molecule has 0 radical (unpaired) electrons. The molecule has 1 amide bonds. The smallest absolute Gasteiger partial charge is 0.307 e. The number of rotatable bonds is 7. The van der Waals surface area contributed by atoms with Gasteiger partial charge in [-0.1, -0.05) is 53.8 Å². The Bertz CT molecular complexity index is 1460. The second-order valence-electron chi connectivity index (χ2n) is 8.33. The van der Waals surface area contributed by atoms with Crippen LogP contribution in [0.3, 0.4) is 0 Å². The molecule has 0 saturated heterocycles. The van der Waals surface area contributed by atoms with E-state index in [2.05, 4.69) is 17.1 Å². The van der Waals surface area contributed by atoms with Crippen molar-refractivity contribution >= 4 is 33.4 Å². The Hall–Kier alpha value is -3.91. The zero-order valence-electron chi connectivity index (χ0n) is 19.9. The first-order chi connectivity index (χ1) is 17.6. The highest BCUT2D eigenvalue weighted by Crippen LogP contribution is 2.35. The van der Waals surface area contributed by atoms with Crippen molar-refractivity contribution in [3.05, 3.63) is 88.2 Å². The number of thiazole rings is 1. The largest absolute Gasteiger partial charge is 0.486 e. The molecule has 0 unspecified atom stereocenters. The van der Waals surface area contributed by atoms with Gasteiger partial charge in [0.2, 0.25) is 0 Å². The van der Waals surface area contributed by atoms with Gasteiger partial charge in [-0.2, -0.15) is 4.99 Å². The van der Waals surface area contributed by atoms with E-state index >= 15 is 0 Å². The van der Waals surface area contributed by atoms with Crippen LogP contribution in [0.2, 0.25) is 0 Å². The molecule has 1 aromatic heterocycles. The molecule has 8 heteroatoms. The Kier molecular flexibility index (Phi) is 7.13. The number of hydrogen-bond donors (Lipinski definition) is 0.